The Labute approximate surface area is 201 Å². The molecule has 1 aliphatic heterocycles. The zero-order valence-electron chi connectivity index (χ0n) is 19.5. The van der Waals surface area contributed by atoms with Gasteiger partial charge in [-0.25, -0.2) is 4.68 Å². The third kappa shape index (κ3) is 5.05. The lowest BCUT2D eigenvalue weighted by Gasteiger charge is -2.41. The fourth-order valence-electron chi connectivity index (χ4n) is 4.83. The number of piperazine rings is 1. The molecule has 4 nitrogen and oxygen atoms in total. The van der Waals surface area contributed by atoms with E-state index in [0.29, 0.717) is 6.04 Å². The number of aromatic nitrogens is 2. The van der Waals surface area contributed by atoms with Crippen molar-refractivity contribution in [2.75, 3.05) is 31.1 Å². The number of benzene rings is 2. The Morgan fingerprint density at radius 2 is 1.79 bits per heavy atom. The van der Waals surface area contributed by atoms with E-state index in [1.54, 1.807) is 11.3 Å². The maximum absolute atomic E-state index is 4.99. The third-order valence-electron chi connectivity index (χ3n) is 6.49. The molecule has 33 heavy (non-hydrogen) atoms. The first-order valence-corrected chi connectivity index (χ1v) is 12.8. The number of nitrogens with zero attached hydrogens (tertiary/aromatic N) is 4. The summed E-state index contributed by atoms with van der Waals surface area (Å²) < 4.78 is 2.10. The maximum atomic E-state index is 4.99. The molecule has 0 saturated carbocycles. The van der Waals surface area contributed by atoms with E-state index >= 15 is 0 Å². The molecule has 0 aliphatic carbocycles. The van der Waals surface area contributed by atoms with Gasteiger partial charge in [-0.3, -0.25) is 4.90 Å². The van der Waals surface area contributed by atoms with Crippen molar-refractivity contribution >= 4 is 17.0 Å². The Bertz CT molecular complexity index is 1170. The van der Waals surface area contributed by atoms with Crippen molar-refractivity contribution in [3.63, 3.8) is 0 Å². The van der Waals surface area contributed by atoms with E-state index in [1.165, 1.54) is 27.5 Å². The number of rotatable bonds is 7. The van der Waals surface area contributed by atoms with Gasteiger partial charge in [-0.2, -0.15) is 5.10 Å². The van der Waals surface area contributed by atoms with Crippen molar-refractivity contribution in [1.29, 1.82) is 0 Å². The van der Waals surface area contributed by atoms with Crippen LogP contribution in [0.15, 0.2) is 78.2 Å². The van der Waals surface area contributed by atoms with Crippen LogP contribution in [0.3, 0.4) is 0 Å². The van der Waals surface area contributed by atoms with Crippen LogP contribution in [0, 0.1) is 6.92 Å². The van der Waals surface area contributed by atoms with Gasteiger partial charge in [0.25, 0.3) is 0 Å². The van der Waals surface area contributed by atoms with Crippen LogP contribution in [0.25, 0.3) is 16.3 Å². The zero-order chi connectivity index (χ0) is 22.6. The highest BCUT2D eigenvalue weighted by Crippen LogP contribution is 2.28. The number of aryl methyl sites for hydroxylation is 2. The summed E-state index contributed by atoms with van der Waals surface area (Å²) in [6.07, 6.45) is 2.14. The van der Waals surface area contributed by atoms with Crippen LogP contribution in [-0.4, -0.2) is 46.9 Å². The molecule has 1 saturated heterocycles. The van der Waals surface area contributed by atoms with Gasteiger partial charge in [0.05, 0.1) is 22.0 Å². The minimum Gasteiger partial charge on any atom is -0.366 e. The van der Waals surface area contributed by atoms with Gasteiger partial charge in [0, 0.05) is 31.4 Å². The van der Waals surface area contributed by atoms with E-state index in [-0.39, 0.29) is 0 Å². The van der Waals surface area contributed by atoms with Crippen molar-refractivity contribution in [2.24, 2.45) is 0 Å². The third-order valence-corrected chi connectivity index (χ3v) is 7.38. The Balaban J connectivity index is 1.21. The standard InChI is InChI=1S/C28H32N4S/c1-22-9-6-13-26(19-22)31-17-16-30(21-23(31)2)15-7-10-24-20-27(28-14-8-18-33-28)32(29-24)25-11-4-3-5-12-25/h3-6,8-9,11-14,18-20,23H,7,10,15-17,21H2,1-2H3. The van der Waals surface area contributed by atoms with Crippen molar-refractivity contribution in [3.05, 3.63) is 89.4 Å². The summed E-state index contributed by atoms with van der Waals surface area (Å²) >= 11 is 1.77. The molecule has 2 aromatic carbocycles. The minimum absolute atomic E-state index is 0.531. The average Bonchev–Trinajstić information content (AvgIpc) is 3.50. The van der Waals surface area contributed by atoms with Crippen LogP contribution in [0.2, 0.25) is 0 Å². The highest BCUT2D eigenvalue weighted by atomic mass is 32.1. The summed E-state index contributed by atoms with van der Waals surface area (Å²) in [6, 6.07) is 26.5. The molecule has 4 aromatic rings. The largest absolute Gasteiger partial charge is 0.366 e. The molecule has 1 atom stereocenters. The van der Waals surface area contributed by atoms with E-state index in [9.17, 15) is 0 Å². The van der Waals surface area contributed by atoms with Gasteiger partial charge < -0.3 is 4.90 Å². The van der Waals surface area contributed by atoms with Gasteiger partial charge in [0.1, 0.15) is 0 Å². The Hall–Kier alpha value is -2.89. The molecule has 170 valence electrons. The van der Waals surface area contributed by atoms with E-state index in [1.807, 2.05) is 0 Å². The van der Waals surface area contributed by atoms with Crippen LogP contribution >= 0.6 is 11.3 Å². The number of anilines is 1. The molecule has 5 heteroatoms. The highest BCUT2D eigenvalue weighted by Gasteiger charge is 2.23. The molecule has 0 spiro atoms. The van der Waals surface area contributed by atoms with Crippen molar-refractivity contribution in [3.8, 4) is 16.3 Å². The summed E-state index contributed by atoms with van der Waals surface area (Å²) in [5.74, 6) is 0. The second-order valence-corrected chi connectivity index (χ2v) is 9.98. The first-order chi connectivity index (χ1) is 16.2. The number of hydrogen-bond acceptors (Lipinski definition) is 4. The molecule has 5 rings (SSSR count). The van der Waals surface area contributed by atoms with Crippen LogP contribution < -0.4 is 4.90 Å². The Kier molecular flexibility index (Phi) is 6.60. The molecule has 2 aromatic heterocycles. The van der Waals surface area contributed by atoms with E-state index in [4.69, 9.17) is 5.10 Å². The van der Waals surface area contributed by atoms with Gasteiger partial charge in [0.15, 0.2) is 0 Å². The fourth-order valence-corrected chi connectivity index (χ4v) is 5.56. The Morgan fingerprint density at radius 3 is 2.55 bits per heavy atom. The number of thiophene rings is 1. The number of para-hydroxylation sites is 1. The Morgan fingerprint density at radius 1 is 0.939 bits per heavy atom. The zero-order valence-corrected chi connectivity index (χ0v) is 20.3. The molecule has 0 amide bonds. The molecular weight excluding hydrogens is 424 g/mol. The second kappa shape index (κ2) is 9.94. The fraction of sp³-hybridized carbons (Fsp3) is 0.321. The molecule has 3 heterocycles. The predicted molar refractivity (Wildman–Crippen MR) is 140 cm³/mol. The molecule has 1 aliphatic rings. The normalized spacial score (nSPS) is 16.9. The van der Waals surface area contributed by atoms with Crippen LogP contribution in [0.5, 0.6) is 0 Å². The lowest BCUT2D eigenvalue weighted by atomic mass is 10.1. The van der Waals surface area contributed by atoms with Gasteiger partial charge >= 0.3 is 0 Å². The van der Waals surface area contributed by atoms with Crippen molar-refractivity contribution < 1.29 is 0 Å². The van der Waals surface area contributed by atoms with Crippen molar-refractivity contribution in [2.45, 2.75) is 32.7 Å². The van der Waals surface area contributed by atoms with E-state index < -0.39 is 0 Å². The molecule has 1 fully saturated rings. The first kappa shape index (κ1) is 21.9. The summed E-state index contributed by atoms with van der Waals surface area (Å²) in [5.41, 5.74) is 6.17. The monoisotopic (exact) mass is 456 g/mol. The van der Waals surface area contributed by atoms with Crippen LogP contribution in [-0.2, 0) is 6.42 Å². The SMILES string of the molecule is Cc1cccc(N2CCN(CCCc3cc(-c4cccs4)n(-c4ccccc4)n3)CC2C)c1. The summed E-state index contributed by atoms with van der Waals surface area (Å²) in [6.45, 7) is 8.98. The van der Waals surface area contributed by atoms with E-state index in [2.05, 4.69) is 107 Å². The molecule has 0 radical (unpaired) electrons. The molecule has 0 N–H and O–H groups in total. The summed E-state index contributed by atoms with van der Waals surface area (Å²) in [7, 11) is 0. The average molecular weight is 457 g/mol. The molecule has 1 unspecified atom stereocenters. The quantitative estimate of drug-likeness (QED) is 0.338. The van der Waals surface area contributed by atoms with Gasteiger partial charge in [-0.1, -0.05) is 36.4 Å². The lowest BCUT2D eigenvalue weighted by Crippen LogP contribution is -2.52. The van der Waals surface area contributed by atoms with Gasteiger partial charge in [-0.05, 0) is 80.6 Å². The maximum Gasteiger partial charge on any atom is 0.0843 e. The van der Waals surface area contributed by atoms with Crippen molar-refractivity contribution in [1.82, 2.24) is 14.7 Å². The minimum atomic E-state index is 0.531. The number of hydrogen-bond donors (Lipinski definition) is 0. The molecule has 0 bridgehead atoms. The topological polar surface area (TPSA) is 24.3 Å². The smallest absolute Gasteiger partial charge is 0.0843 e. The molecular formula is C28H32N4S. The van der Waals surface area contributed by atoms with Gasteiger partial charge in [0.2, 0.25) is 0 Å². The van der Waals surface area contributed by atoms with E-state index in [0.717, 1.165) is 44.7 Å². The van der Waals surface area contributed by atoms with Crippen LogP contribution in [0.4, 0.5) is 5.69 Å². The van der Waals surface area contributed by atoms with Crippen LogP contribution in [0.1, 0.15) is 24.6 Å². The second-order valence-electron chi connectivity index (χ2n) is 9.03. The van der Waals surface area contributed by atoms with Gasteiger partial charge in [-0.15, -0.1) is 11.3 Å². The lowest BCUT2D eigenvalue weighted by molar-refractivity contribution is 0.226. The predicted octanol–water partition coefficient (Wildman–Crippen LogP) is 6.05. The summed E-state index contributed by atoms with van der Waals surface area (Å²) in [5, 5.41) is 7.12. The summed E-state index contributed by atoms with van der Waals surface area (Å²) in [4.78, 5) is 6.43. The highest BCUT2D eigenvalue weighted by molar-refractivity contribution is 7.13. The first-order valence-electron chi connectivity index (χ1n) is 11.9.